The fraction of sp³-hybridized carbons (Fsp3) is 0.368. The van der Waals surface area contributed by atoms with Crippen molar-refractivity contribution in [2.75, 3.05) is 24.2 Å². The first-order valence-electron chi connectivity index (χ1n) is 8.29. The Bertz CT molecular complexity index is 773. The van der Waals surface area contributed by atoms with E-state index < -0.39 is 9.84 Å². The average Bonchev–Trinajstić information content (AvgIpc) is 3.03. The van der Waals surface area contributed by atoms with Crippen LogP contribution in [-0.2, 0) is 9.84 Å². The third-order valence-corrected chi connectivity index (χ3v) is 5.73. The molecule has 1 fully saturated rings. The fourth-order valence-corrected chi connectivity index (χ4v) is 3.85. The molecule has 1 saturated heterocycles. The molecule has 1 aliphatic heterocycles. The van der Waals surface area contributed by atoms with Crippen molar-refractivity contribution in [3.05, 3.63) is 60.2 Å². The number of hydrogen-bond acceptors (Lipinski definition) is 4. The normalized spacial score (nSPS) is 19.4. The van der Waals surface area contributed by atoms with Crippen LogP contribution >= 0.6 is 0 Å². The van der Waals surface area contributed by atoms with Gasteiger partial charge in [0.05, 0.1) is 4.90 Å². The van der Waals surface area contributed by atoms with Gasteiger partial charge in [0, 0.05) is 37.1 Å². The van der Waals surface area contributed by atoms with Gasteiger partial charge in [-0.15, -0.1) is 0 Å². The second-order valence-electron chi connectivity index (χ2n) is 6.50. The molecule has 0 amide bonds. The predicted molar refractivity (Wildman–Crippen MR) is 98.2 cm³/mol. The lowest BCUT2D eigenvalue weighted by atomic mass is 10.1. The van der Waals surface area contributed by atoms with E-state index in [0.717, 1.165) is 25.1 Å². The van der Waals surface area contributed by atoms with Crippen molar-refractivity contribution < 1.29 is 8.42 Å². The second kappa shape index (κ2) is 6.95. The summed E-state index contributed by atoms with van der Waals surface area (Å²) in [4.78, 5) is 2.77. The Labute approximate surface area is 144 Å². The molecule has 0 bridgehead atoms. The Morgan fingerprint density at radius 2 is 1.75 bits per heavy atom. The van der Waals surface area contributed by atoms with E-state index in [0.29, 0.717) is 10.9 Å². The summed E-state index contributed by atoms with van der Waals surface area (Å²) >= 11 is 0. The van der Waals surface area contributed by atoms with E-state index in [4.69, 9.17) is 0 Å². The van der Waals surface area contributed by atoms with Gasteiger partial charge in [0.2, 0.25) is 0 Å². The van der Waals surface area contributed by atoms with E-state index in [1.165, 1.54) is 11.9 Å². The Morgan fingerprint density at radius 3 is 2.38 bits per heavy atom. The molecule has 0 spiro atoms. The van der Waals surface area contributed by atoms with E-state index in [9.17, 15) is 8.42 Å². The lowest BCUT2D eigenvalue weighted by Gasteiger charge is -2.22. The van der Waals surface area contributed by atoms with Crippen LogP contribution in [0, 0.1) is 0 Å². The molecule has 2 aromatic rings. The number of hydrogen-bond donors (Lipinski definition) is 1. The minimum Gasteiger partial charge on any atom is -0.370 e. The zero-order chi connectivity index (χ0) is 17.2. The van der Waals surface area contributed by atoms with Crippen LogP contribution < -0.4 is 10.2 Å². The second-order valence-corrected chi connectivity index (χ2v) is 8.51. The van der Waals surface area contributed by atoms with Crippen molar-refractivity contribution >= 4 is 15.5 Å². The highest BCUT2D eigenvalue weighted by Crippen LogP contribution is 2.22. The topological polar surface area (TPSA) is 49.4 Å². The standard InChI is InChI=1S/C19H24N2O2S/c1-15(16-8-10-19(11-9-16)24(2,22)23)20-17-12-13-21(14-17)18-6-4-3-5-7-18/h3-11,15,17,20H,12-14H2,1-2H3. The maximum absolute atomic E-state index is 11.5. The highest BCUT2D eigenvalue weighted by atomic mass is 32.2. The van der Waals surface area contributed by atoms with Crippen LogP contribution in [0.3, 0.4) is 0 Å². The first-order chi connectivity index (χ1) is 11.4. The molecule has 2 unspecified atom stereocenters. The van der Waals surface area contributed by atoms with Gasteiger partial charge in [0.15, 0.2) is 9.84 Å². The molecule has 128 valence electrons. The van der Waals surface area contributed by atoms with Crippen molar-refractivity contribution in [2.45, 2.75) is 30.3 Å². The van der Waals surface area contributed by atoms with Gasteiger partial charge in [-0.3, -0.25) is 0 Å². The minimum absolute atomic E-state index is 0.194. The van der Waals surface area contributed by atoms with Crippen molar-refractivity contribution in [3.8, 4) is 0 Å². The summed E-state index contributed by atoms with van der Waals surface area (Å²) in [5.74, 6) is 0. The lowest BCUT2D eigenvalue weighted by Crippen LogP contribution is -2.34. The van der Waals surface area contributed by atoms with E-state index in [2.05, 4.69) is 41.4 Å². The number of nitrogens with one attached hydrogen (secondary N) is 1. The molecule has 0 aliphatic carbocycles. The number of sulfone groups is 1. The van der Waals surface area contributed by atoms with Gasteiger partial charge in [-0.05, 0) is 43.2 Å². The summed E-state index contributed by atoms with van der Waals surface area (Å²) in [5.41, 5.74) is 2.38. The van der Waals surface area contributed by atoms with Crippen LogP contribution in [0.25, 0.3) is 0 Å². The number of benzene rings is 2. The van der Waals surface area contributed by atoms with Crippen LogP contribution in [0.4, 0.5) is 5.69 Å². The smallest absolute Gasteiger partial charge is 0.175 e. The average molecular weight is 344 g/mol. The molecule has 0 radical (unpaired) electrons. The summed E-state index contributed by atoms with van der Waals surface area (Å²) in [6, 6.07) is 18.3. The largest absolute Gasteiger partial charge is 0.370 e. The maximum Gasteiger partial charge on any atom is 0.175 e. The molecule has 0 saturated carbocycles. The van der Waals surface area contributed by atoms with Crippen LogP contribution in [0.1, 0.15) is 24.9 Å². The summed E-state index contributed by atoms with van der Waals surface area (Å²) in [5, 5.41) is 3.66. The Balaban J connectivity index is 1.60. The van der Waals surface area contributed by atoms with Crippen LogP contribution in [-0.4, -0.2) is 33.8 Å². The van der Waals surface area contributed by atoms with Crippen molar-refractivity contribution in [1.29, 1.82) is 0 Å². The quantitative estimate of drug-likeness (QED) is 0.906. The fourth-order valence-electron chi connectivity index (χ4n) is 3.22. The molecule has 1 aliphatic rings. The van der Waals surface area contributed by atoms with Gasteiger partial charge in [0.25, 0.3) is 0 Å². The maximum atomic E-state index is 11.5. The first kappa shape index (κ1) is 17.0. The monoisotopic (exact) mass is 344 g/mol. The SMILES string of the molecule is CC(NC1CCN(c2ccccc2)C1)c1ccc(S(C)(=O)=O)cc1. The number of anilines is 1. The molecule has 0 aromatic heterocycles. The molecule has 1 heterocycles. The Kier molecular flexibility index (Phi) is 4.92. The number of rotatable bonds is 5. The van der Waals surface area contributed by atoms with E-state index in [1.807, 2.05) is 18.2 Å². The highest BCUT2D eigenvalue weighted by Gasteiger charge is 2.24. The zero-order valence-corrected chi connectivity index (χ0v) is 15.0. The van der Waals surface area contributed by atoms with E-state index >= 15 is 0 Å². The third-order valence-electron chi connectivity index (χ3n) is 4.60. The number of para-hydroxylation sites is 1. The van der Waals surface area contributed by atoms with Gasteiger partial charge in [-0.1, -0.05) is 30.3 Å². The molecular weight excluding hydrogens is 320 g/mol. The van der Waals surface area contributed by atoms with Crippen molar-refractivity contribution in [3.63, 3.8) is 0 Å². The zero-order valence-electron chi connectivity index (χ0n) is 14.1. The summed E-state index contributed by atoms with van der Waals surface area (Å²) in [7, 11) is -3.13. The summed E-state index contributed by atoms with van der Waals surface area (Å²) < 4.78 is 23.1. The van der Waals surface area contributed by atoms with Crippen molar-refractivity contribution in [2.24, 2.45) is 0 Å². The minimum atomic E-state index is -3.13. The van der Waals surface area contributed by atoms with E-state index in [1.54, 1.807) is 12.1 Å². The molecule has 1 N–H and O–H groups in total. The molecule has 5 heteroatoms. The molecule has 2 aromatic carbocycles. The van der Waals surface area contributed by atoms with Crippen molar-refractivity contribution in [1.82, 2.24) is 5.32 Å². The summed E-state index contributed by atoms with van der Waals surface area (Å²) in [6.07, 6.45) is 2.35. The van der Waals surface area contributed by atoms with Crippen LogP contribution in [0.15, 0.2) is 59.5 Å². The molecule has 4 nitrogen and oxygen atoms in total. The predicted octanol–water partition coefficient (Wildman–Crippen LogP) is 3.02. The highest BCUT2D eigenvalue weighted by molar-refractivity contribution is 7.90. The molecule has 24 heavy (non-hydrogen) atoms. The van der Waals surface area contributed by atoms with E-state index in [-0.39, 0.29) is 6.04 Å². The lowest BCUT2D eigenvalue weighted by molar-refractivity contribution is 0.481. The van der Waals surface area contributed by atoms with Gasteiger partial charge in [-0.2, -0.15) is 0 Å². The van der Waals surface area contributed by atoms with Gasteiger partial charge in [-0.25, -0.2) is 8.42 Å². The van der Waals surface area contributed by atoms with Gasteiger partial charge in [0.1, 0.15) is 0 Å². The van der Waals surface area contributed by atoms with Crippen LogP contribution in [0.2, 0.25) is 0 Å². The van der Waals surface area contributed by atoms with Gasteiger partial charge >= 0.3 is 0 Å². The first-order valence-corrected chi connectivity index (χ1v) is 10.2. The Hall–Kier alpha value is -1.85. The Morgan fingerprint density at radius 1 is 1.08 bits per heavy atom. The number of nitrogens with zero attached hydrogens (tertiary/aromatic N) is 1. The van der Waals surface area contributed by atoms with Crippen LogP contribution in [0.5, 0.6) is 0 Å². The third kappa shape index (κ3) is 3.97. The molecule has 2 atom stereocenters. The van der Waals surface area contributed by atoms with Gasteiger partial charge < -0.3 is 10.2 Å². The molecule has 3 rings (SSSR count). The summed E-state index contributed by atoms with van der Waals surface area (Å²) in [6.45, 7) is 4.18. The molecular formula is C19H24N2O2S.